The minimum absolute atomic E-state index is 0.0186. The predicted octanol–water partition coefficient (Wildman–Crippen LogP) is 4.64. The smallest absolute Gasteiger partial charge is 0.343 e. The van der Waals surface area contributed by atoms with Gasteiger partial charge in [0, 0.05) is 24.8 Å². The number of ether oxygens (including phenoxy) is 5. The fourth-order valence-corrected chi connectivity index (χ4v) is 5.71. The number of carbonyl (C=O) groups excluding carboxylic acids is 4. The van der Waals surface area contributed by atoms with Crippen LogP contribution in [0.3, 0.4) is 0 Å². The van der Waals surface area contributed by atoms with E-state index in [1.54, 1.807) is 83.1 Å². The first-order valence-corrected chi connectivity index (χ1v) is 17.8. The lowest BCUT2D eigenvalue weighted by molar-refractivity contribution is -0.276. The maximum absolute atomic E-state index is 13.7. The van der Waals surface area contributed by atoms with Crippen LogP contribution in [0.25, 0.3) is 0 Å². The number of esters is 4. The van der Waals surface area contributed by atoms with Crippen molar-refractivity contribution in [2.24, 2.45) is 21.7 Å². The van der Waals surface area contributed by atoms with Crippen LogP contribution in [0.2, 0.25) is 0 Å². The second kappa shape index (κ2) is 16.3. The van der Waals surface area contributed by atoms with Crippen LogP contribution in [-0.4, -0.2) is 95.5 Å². The largest absolute Gasteiger partial charge is 0.462 e. The number of halogens is 2. The number of carbonyl (C=O) groups is 4. The highest BCUT2D eigenvalue weighted by molar-refractivity contribution is 7.53. The quantitative estimate of drug-likeness (QED) is 0.124. The highest BCUT2D eigenvalue weighted by Gasteiger charge is 2.57. The van der Waals surface area contributed by atoms with E-state index >= 15 is 0 Å². The first kappa shape index (κ1) is 42.6. The molecule has 0 spiro atoms. The Morgan fingerprint density at radius 1 is 0.717 bits per heavy atom. The van der Waals surface area contributed by atoms with Gasteiger partial charge in [0.1, 0.15) is 12.7 Å². The van der Waals surface area contributed by atoms with Gasteiger partial charge in [-0.15, -0.1) is 23.2 Å². The molecule has 1 saturated heterocycles. The lowest BCUT2D eigenvalue weighted by atomic mass is 9.92. The van der Waals surface area contributed by atoms with Gasteiger partial charge >= 0.3 is 31.5 Å². The summed E-state index contributed by atoms with van der Waals surface area (Å²) < 4.78 is 44.4. The van der Waals surface area contributed by atoms with E-state index in [-0.39, 0.29) is 24.8 Å². The molecule has 0 amide bonds. The summed E-state index contributed by atoms with van der Waals surface area (Å²) in [5.74, 6) is -3.06. The van der Waals surface area contributed by atoms with Crippen LogP contribution in [0.15, 0.2) is 0 Å². The molecule has 268 valence electrons. The molecule has 1 fully saturated rings. The zero-order chi connectivity index (χ0) is 36.1. The maximum atomic E-state index is 13.7. The SMILES string of the molecule is CC(C)(C)C(=O)OC[C@H]1O[C@@H](N(CCCl)P(=O)(O)NCCCl)[C@H](OC(=O)C(C)(C)C)[C@@H](OC(=O)C(C)(C)C)[C@@H]1OC(=O)C(C)(C)C. The standard InChI is InChI=1S/C30H53Cl2N2O11P/c1-27(2,3)23(35)41-17-18-19(43-24(36)28(4,5)6)20(44-25(37)29(7,8)9)21(45-26(38)30(10,11)12)22(42-18)34(16-14-32)46(39,40)33-15-13-31/h18-22H,13-17H2,1-12H3,(H2,33,39,40)/t18-,19-,20+,21-,22-/m1/s1. The fourth-order valence-electron chi connectivity index (χ4n) is 3.73. The van der Waals surface area contributed by atoms with Gasteiger partial charge in [-0.25, -0.2) is 5.09 Å². The van der Waals surface area contributed by atoms with Crippen LogP contribution < -0.4 is 5.09 Å². The Labute approximate surface area is 283 Å². The zero-order valence-electron chi connectivity index (χ0n) is 29.1. The third kappa shape index (κ3) is 12.2. The van der Waals surface area contributed by atoms with Gasteiger partial charge in [0.2, 0.25) is 0 Å². The first-order valence-electron chi connectivity index (χ1n) is 15.1. The summed E-state index contributed by atoms with van der Waals surface area (Å²) in [5, 5.41) is 2.47. The van der Waals surface area contributed by atoms with E-state index in [1.807, 2.05) is 0 Å². The molecular formula is C30H53Cl2N2O11P. The van der Waals surface area contributed by atoms with Crippen LogP contribution in [0.1, 0.15) is 83.1 Å². The third-order valence-electron chi connectivity index (χ3n) is 6.53. The summed E-state index contributed by atoms with van der Waals surface area (Å²) in [6, 6.07) is 0. The topological polar surface area (TPSA) is 167 Å². The summed E-state index contributed by atoms with van der Waals surface area (Å²) >= 11 is 11.9. The van der Waals surface area contributed by atoms with Crippen molar-refractivity contribution in [2.45, 2.75) is 114 Å². The second-order valence-electron chi connectivity index (χ2n) is 15.3. The van der Waals surface area contributed by atoms with E-state index in [0.717, 1.165) is 4.67 Å². The molecule has 0 aromatic heterocycles. The van der Waals surface area contributed by atoms with E-state index < -0.39 is 90.5 Å². The van der Waals surface area contributed by atoms with Crippen LogP contribution in [0.4, 0.5) is 0 Å². The number of alkyl halides is 2. The third-order valence-corrected chi connectivity index (χ3v) is 8.65. The fraction of sp³-hybridized carbons (Fsp3) is 0.867. The normalized spacial score (nSPS) is 24.1. The molecule has 1 rings (SSSR count). The summed E-state index contributed by atoms with van der Waals surface area (Å²) in [6.07, 6.45) is -7.70. The Hall–Kier alpha value is -1.47. The van der Waals surface area contributed by atoms with E-state index in [4.69, 9.17) is 46.9 Å². The minimum Gasteiger partial charge on any atom is -0.462 e. The lowest BCUT2D eigenvalue weighted by Gasteiger charge is -2.49. The molecule has 0 saturated carbocycles. The molecule has 0 aliphatic carbocycles. The van der Waals surface area contributed by atoms with E-state index in [0.29, 0.717) is 0 Å². The van der Waals surface area contributed by atoms with Gasteiger partial charge in [0.25, 0.3) is 0 Å². The summed E-state index contributed by atoms with van der Waals surface area (Å²) in [7, 11) is -4.54. The molecule has 0 radical (unpaired) electrons. The molecule has 0 aromatic rings. The predicted molar refractivity (Wildman–Crippen MR) is 173 cm³/mol. The first-order chi connectivity index (χ1) is 20.7. The summed E-state index contributed by atoms with van der Waals surface area (Å²) in [6.45, 7) is 18.4. The van der Waals surface area contributed by atoms with Crippen molar-refractivity contribution in [2.75, 3.05) is 31.5 Å². The van der Waals surface area contributed by atoms with Crippen LogP contribution in [0.5, 0.6) is 0 Å². The number of rotatable bonds is 12. The Bertz CT molecular complexity index is 1130. The van der Waals surface area contributed by atoms with E-state index in [9.17, 15) is 28.6 Å². The number of hydrogen-bond acceptors (Lipinski definition) is 10. The molecule has 0 aromatic carbocycles. The van der Waals surface area contributed by atoms with Gasteiger partial charge < -0.3 is 28.6 Å². The number of hydrogen-bond donors (Lipinski definition) is 2. The molecule has 13 nitrogen and oxygen atoms in total. The van der Waals surface area contributed by atoms with Crippen molar-refractivity contribution >= 4 is 54.7 Å². The molecule has 6 atom stereocenters. The van der Waals surface area contributed by atoms with Gasteiger partial charge in [-0.2, -0.15) is 4.67 Å². The van der Waals surface area contributed by atoms with Crippen molar-refractivity contribution < 1.29 is 52.3 Å². The van der Waals surface area contributed by atoms with E-state index in [1.165, 1.54) is 0 Å². The Balaban J connectivity index is 4.05. The molecule has 1 aliphatic rings. The highest BCUT2D eigenvalue weighted by atomic mass is 35.5. The summed E-state index contributed by atoms with van der Waals surface area (Å²) in [5.41, 5.74) is -4.14. The molecule has 0 bridgehead atoms. The van der Waals surface area contributed by atoms with Gasteiger partial charge in [-0.3, -0.25) is 23.7 Å². The van der Waals surface area contributed by atoms with Crippen LogP contribution in [0, 0.1) is 21.7 Å². The van der Waals surface area contributed by atoms with Crippen LogP contribution in [-0.2, 0) is 47.4 Å². The van der Waals surface area contributed by atoms with Crippen molar-refractivity contribution in [1.29, 1.82) is 0 Å². The number of nitrogens with zero attached hydrogens (tertiary/aromatic N) is 1. The molecule has 16 heteroatoms. The van der Waals surface area contributed by atoms with Crippen molar-refractivity contribution in [3.8, 4) is 0 Å². The summed E-state index contributed by atoms with van der Waals surface area (Å²) in [4.78, 5) is 64.2. The lowest BCUT2D eigenvalue weighted by Crippen LogP contribution is -2.67. The Morgan fingerprint density at radius 3 is 1.52 bits per heavy atom. The van der Waals surface area contributed by atoms with Crippen molar-refractivity contribution in [1.82, 2.24) is 9.76 Å². The van der Waals surface area contributed by atoms with Gasteiger partial charge in [-0.1, -0.05) is 0 Å². The Morgan fingerprint density at radius 2 is 1.13 bits per heavy atom. The molecule has 2 N–H and O–H groups in total. The molecule has 1 unspecified atom stereocenters. The van der Waals surface area contributed by atoms with Crippen LogP contribution >= 0.6 is 30.9 Å². The molecule has 1 aliphatic heterocycles. The van der Waals surface area contributed by atoms with Gasteiger partial charge in [0.05, 0.1) is 21.7 Å². The van der Waals surface area contributed by atoms with E-state index in [2.05, 4.69) is 5.09 Å². The van der Waals surface area contributed by atoms with Crippen molar-refractivity contribution in [3.05, 3.63) is 0 Å². The second-order valence-corrected chi connectivity index (χ2v) is 17.9. The molecular weight excluding hydrogens is 666 g/mol. The monoisotopic (exact) mass is 718 g/mol. The minimum atomic E-state index is -4.54. The highest BCUT2D eigenvalue weighted by Crippen LogP contribution is 2.46. The van der Waals surface area contributed by atoms with Gasteiger partial charge in [-0.05, 0) is 83.1 Å². The maximum Gasteiger partial charge on any atom is 0.343 e. The molecule has 46 heavy (non-hydrogen) atoms. The Kier molecular flexibility index (Phi) is 15.1. The molecule has 1 heterocycles. The average molecular weight is 720 g/mol. The van der Waals surface area contributed by atoms with Crippen molar-refractivity contribution in [3.63, 3.8) is 0 Å². The number of nitrogens with one attached hydrogen (secondary N) is 1. The zero-order valence-corrected chi connectivity index (χ0v) is 31.5. The average Bonchev–Trinajstić information content (AvgIpc) is 2.89. The van der Waals surface area contributed by atoms with Gasteiger partial charge in [0.15, 0.2) is 24.5 Å².